The number of amides is 1. The van der Waals surface area contributed by atoms with E-state index in [4.69, 9.17) is 11.6 Å². The molecule has 142 valence electrons. The Labute approximate surface area is 168 Å². The Balaban J connectivity index is 1.35. The van der Waals surface area contributed by atoms with Gasteiger partial charge in [-0.15, -0.1) is 10.2 Å². The van der Waals surface area contributed by atoms with Gasteiger partial charge in [0.1, 0.15) is 0 Å². The minimum absolute atomic E-state index is 0.0202. The standard InChI is InChI=1S/C21H20ClN5O/c22-17-3-1-2-4-19(17)24-21(28)16-9-13-27(14-10-16)20-6-5-18(25-26-20)15-7-11-23-12-8-15/h1-8,11-12,16H,9-10,13-14H2,(H,24,28). The van der Waals surface area contributed by atoms with E-state index < -0.39 is 0 Å². The maximum absolute atomic E-state index is 12.5. The third-order valence-corrected chi connectivity index (χ3v) is 5.28. The number of carbonyl (C=O) groups is 1. The number of halogens is 1. The molecule has 3 heterocycles. The van der Waals surface area contributed by atoms with E-state index in [-0.39, 0.29) is 11.8 Å². The molecule has 1 aliphatic heterocycles. The van der Waals surface area contributed by atoms with E-state index in [0.717, 1.165) is 43.0 Å². The topological polar surface area (TPSA) is 71.0 Å². The lowest BCUT2D eigenvalue weighted by atomic mass is 9.96. The van der Waals surface area contributed by atoms with E-state index >= 15 is 0 Å². The summed E-state index contributed by atoms with van der Waals surface area (Å²) in [4.78, 5) is 18.7. The van der Waals surface area contributed by atoms with Crippen LogP contribution in [0, 0.1) is 5.92 Å². The maximum atomic E-state index is 12.5. The zero-order valence-electron chi connectivity index (χ0n) is 15.3. The summed E-state index contributed by atoms with van der Waals surface area (Å²) in [6.07, 6.45) is 5.01. The highest BCUT2D eigenvalue weighted by Crippen LogP contribution is 2.26. The van der Waals surface area contributed by atoms with Gasteiger partial charge in [-0.25, -0.2) is 0 Å². The van der Waals surface area contributed by atoms with Crippen LogP contribution in [0.3, 0.4) is 0 Å². The predicted molar refractivity (Wildman–Crippen MR) is 110 cm³/mol. The van der Waals surface area contributed by atoms with Gasteiger partial charge in [0.2, 0.25) is 5.91 Å². The Bertz CT molecular complexity index is 941. The van der Waals surface area contributed by atoms with Crippen LogP contribution in [0.15, 0.2) is 60.9 Å². The zero-order valence-corrected chi connectivity index (χ0v) is 16.0. The van der Waals surface area contributed by atoms with E-state index in [2.05, 4.69) is 25.4 Å². The van der Waals surface area contributed by atoms with Gasteiger partial charge < -0.3 is 10.2 Å². The van der Waals surface area contributed by atoms with Crippen molar-refractivity contribution in [1.29, 1.82) is 0 Å². The Morgan fingerprint density at radius 3 is 2.43 bits per heavy atom. The average Bonchev–Trinajstić information content (AvgIpc) is 2.76. The number of benzene rings is 1. The molecule has 0 bridgehead atoms. The molecular weight excluding hydrogens is 374 g/mol. The average molecular weight is 394 g/mol. The van der Waals surface area contributed by atoms with Crippen molar-refractivity contribution in [3.8, 4) is 11.3 Å². The molecule has 0 aliphatic carbocycles. The van der Waals surface area contributed by atoms with Crippen LogP contribution >= 0.6 is 11.6 Å². The van der Waals surface area contributed by atoms with Crippen LogP contribution in [0.1, 0.15) is 12.8 Å². The van der Waals surface area contributed by atoms with Crippen LogP contribution in [0.2, 0.25) is 5.02 Å². The largest absolute Gasteiger partial charge is 0.355 e. The number of nitrogens with zero attached hydrogens (tertiary/aromatic N) is 4. The first kappa shape index (κ1) is 18.4. The molecule has 6 nitrogen and oxygen atoms in total. The molecule has 0 saturated carbocycles. The third kappa shape index (κ3) is 4.12. The molecule has 3 aromatic rings. The normalized spacial score (nSPS) is 14.7. The molecular formula is C21H20ClN5O. The van der Waals surface area contributed by atoms with Crippen molar-refractivity contribution < 1.29 is 4.79 Å². The zero-order chi connectivity index (χ0) is 19.3. The van der Waals surface area contributed by atoms with Crippen LogP contribution in [-0.4, -0.2) is 34.2 Å². The van der Waals surface area contributed by atoms with Crippen molar-refractivity contribution in [1.82, 2.24) is 15.2 Å². The Morgan fingerprint density at radius 2 is 1.75 bits per heavy atom. The summed E-state index contributed by atoms with van der Waals surface area (Å²) in [6.45, 7) is 1.54. The number of nitrogens with one attached hydrogen (secondary N) is 1. The second kappa shape index (κ2) is 8.35. The lowest BCUT2D eigenvalue weighted by Gasteiger charge is -2.31. The third-order valence-electron chi connectivity index (χ3n) is 4.95. The summed E-state index contributed by atoms with van der Waals surface area (Å²) < 4.78 is 0. The number of hydrogen-bond donors (Lipinski definition) is 1. The van der Waals surface area contributed by atoms with Crippen molar-refractivity contribution >= 4 is 29.0 Å². The molecule has 0 radical (unpaired) electrons. The van der Waals surface area contributed by atoms with Crippen molar-refractivity contribution in [2.24, 2.45) is 5.92 Å². The van der Waals surface area contributed by atoms with Crippen LogP contribution in [0.25, 0.3) is 11.3 Å². The first-order chi connectivity index (χ1) is 13.7. The van der Waals surface area contributed by atoms with Crippen molar-refractivity contribution in [3.63, 3.8) is 0 Å². The van der Waals surface area contributed by atoms with Gasteiger partial charge in [-0.1, -0.05) is 23.7 Å². The Kier molecular flexibility index (Phi) is 5.48. The molecule has 1 N–H and O–H groups in total. The highest BCUT2D eigenvalue weighted by molar-refractivity contribution is 6.33. The summed E-state index contributed by atoms with van der Waals surface area (Å²) in [6, 6.07) is 15.1. The molecule has 1 aromatic carbocycles. The Hall–Kier alpha value is -2.99. The fraction of sp³-hybridized carbons (Fsp3) is 0.238. The molecule has 1 amide bonds. The van der Waals surface area contributed by atoms with E-state index in [9.17, 15) is 4.79 Å². The summed E-state index contributed by atoms with van der Waals surface area (Å²) in [7, 11) is 0. The number of para-hydroxylation sites is 1. The minimum Gasteiger partial charge on any atom is -0.355 e. The lowest BCUT2D eigenvalue weighted by Crippen LogP contribution is -2.38. The van der Waals surface area contributed by atoms with Crippen LogP contribution < -0.4 is 10.2 Å². The number of aromatic nitrogens is 3. The molecule has 7 heteroatoms. The smallest absolute Gasteiger partial charge is 0.227 e. The molecule has 0 spiro atoms. The molecule has 0 unspecified atom stereocenters. The van der Waals surface area contributed by atoms with Crippen LogP contribution in [0.4, 0.5) is 11.5 Å². The molecule has 4 rings (SSSR count). The number of anilines is 2. The van der Waals surface area contributed by atoms with Gasteiger partial charge in [0, 0.05) is 37.0 Å². The Morgan fingerprint density at radius 1 is 1.00 bits per heavy atom. The molecule has 1 saturated heterocycles. The van der Waals surface area contributed by atoms with Crippen LogP contribution in [-0.2, 0) is 4.79 Å². The van der Waals surface area contributed by atoms with E-state index in [1.54, 1.807) is 18.5 Å². The maximum Gasteiger partial charge on any atom is 0.227 e. The van der Waals surface area contributed by atoms with Gasteiger partial charge in [0.25, 0.3) is 0 Å². The lowest BCUT2D eigenvalue weighted by molar-refractivity contribution is -0.120. The highest BCUT2D eigenvalue weighted by Gasteiger charge is 2.26. The fourth-order valence-electron chi connectivity index (χ4n) is 3.34. The summed E-state index contributed by atoms with van der Waals surface area (Å²) in [5, 5.41) is 12.2. The van der Waals surface area contributed by atoms with E-state index in [1.807, 2.05) is 42.5 Å². The SMILES string of the molecule is O=C(Nc1ccccc1Cl)C1CCN(c2ccc(-c3ccncc3)nn2)CC1. The van der Waals surface area contributed by atoms with Gasteiger partial charge in [0.05, 0.1) is 16.4 Å². The predicted octanol–water partition coefficient (Wildman–Crippen LogP) is 4.05. The van der Waals surface area contributed by atoms with Gasteiger partial charge in [0.15, 0.2) is 5.82 Å². The number of pyridine rings is 1. The number of piperidine rings is 1. The van der Waals surface area contributed by atoms with Gasteiger partial charge in [-0.05, 0) is 49.2 Å². The molecule has 1 aliphatic rings. The number of hydrogen-bond acceptors (Lipinski definition) is 5. The van der Waals surface area contributed by atoms with E-state index in [1.165, 1.54) is 0 Å². The van der Waals surface area contributed by atoms with Gasteiger partial charge >= 0.3 is 0 Å². The first-order valence-corrected chi connectivity index (χ1v) is 9.63. The van der Waals surface area contributed by atoms with Gasteiger partial charge in [-0.3, -0.25) is 9.78 Å². The van der Waals surface area contributed by atoms with Gasteiger partial charge in [-0.2, -0.15) is 0 Å². The fourth-order valence-corrected chi connectivity index (χ4v) is 3.52. The van der Waals surface area contributed by atoms with Crippen LogP contribution in [0.5, 0.6) is 0 Å². The van der Waals surface area contributed by atoms with Crippen molar-refractivity contribution in [2.75, 3.05) is 23.3 Å². The quantitative estimate of drug-likeness (QED) is 0.724. The van der Waals surface area contributed by atoms with Crippen molar-refractivity contribution in [3.05, 3.63) is 65.9 Å². The second-order valence-corrected chi connectivity index (χ2v) is 7.15. The minimum atomic E-state index is -0.0310. The monoisotopic (exact) mass is 393 g/mol. The second-order valence-electron chi connectivity index (χ2n) is 6.74. The summed E-state index contributed by atoms with van der Waals surface area (Å²) in [5.74, 6) is 0.825. The molecule has 2 aromatic heterocycles. The van der Waals surface area contributed by atoms with Crippen molar-refractivity contribution in [2.45, 2.75) is 12.8 Å². The first-order valence-electron chi connectivity index (χ1n) is 9.25. The number of carbonyl (C=O) groups excluding carboxylic acids is 1. The molecule has 1 fully saturated rings. The molecule has 28 heavy (non-hydrogen) atoms. The highest BCUT2D eigenvalue weighted by atomic mass is 35.5. The number of rotatable bonds is 4. The van der Waals surface area contributed by atoms with E-state index in [0.29, 0.717) is 10.7 Å². The summed E-state index contributed by atoms with van der Waals surface area (Å²) >= 11 is 6.13. The summed E-state index contributed by atoms with van der Waals surface area (Å²) in [5.41, 5.74) is 2.47. The molecule has 0 atom stereocenters.